The molecule has 0 spiro atoms. The molecule has 1 aliphatic rings. The summed E-state index contributed by atoms with van der Waals surface area (Å²) in [6, 6.07) is 13.7. The number of anilines is 1. The number of benzene rings is 2. The summed E-state index contributed by atoms with van der Waals surface area (Å²) in [4.78, 5) is 23.2. The quantitative estimate of drug-likeness (QED) is 0.729. The van der Waals surface area contributed by atoms with Gasteiger partial charge in [0.2, 0.25) is 0 Å². The van der Waals surface area contributed by atoms with Gasteiger partial charge in [-0.3, -0.25) is 9.59 Å². The van der Waals surface area contributed by atoms with Crippen LogP contribution in [-0.2, 0) is 9.53 Å². The molecule has 2 amide bonds. The lowest BCUT2D eigenvalue weighted by Gasteiger charge is -2.22. The fourth-order valence-corrected chi connectivity index (χ4v) is 2.85. The molecule has 3 N–H and O–H groups in total. The van der Waals surface area contributed by atoms with Crippen LogP contribution in [0.2, 0.25) is 0 Å². The van der Waals surface area contributed by atoms with Crippen molar-refractivity contribution in [3.63, 3.8) is 0 Å². The topological polar surface area (TPSA) is 99.9 Å². The van der Waals surface area contributed by atoms with Crippen LogP contribution in [0.3, 0.4) is 0 Å². The van der Waals surface area contributed by atoms with E-state index in [-0.39, 0.29) is 18.6 Å². The van der Waals surface area contributed by atoms with Crippen molar-refractivity contribution in [2.24, 2.45) is 5.73 Å². The van der Waals surface area contributed by atoms with E-state index in [1.165, 1.54) is 6.42 Å². The standard InChI is InChI=1S/C21H24N2O5/c22-20(24)14-28-18-6-3-4-15(12-18)21(25)23-16-7-9-17(10-8-16)27-13-19-5-1-2-11-26-19/h3-4,6-10,12,19H,1-2,5,11,13-14H2,(H2,22,24)(H,23,25). The fourth-order valence-electron chi connectivity index (χ4n) is 2.85. The first-order valence-electron chi connectivity index (χ1n) is 9.27. The second-order valence-electron chi connectivity index (χ2n) is 6.56. The van der Waals surface area contributed by atoms with Crippen molar-refractivity contribution in [2.75, 3.05) is 25.1 Å². The Morgan fingerprint density at radius 1 is 1.07 bits per heavy atom. The van der Waals surface area contributed by atoms with Gasteiger partial charge < -0.3 is 25.3 Å². The minimum Gasteiger partial charge on any atom is -0.491 e. The molecule has 0 radical (unpaired) electrons. The van der Waals surface area contributed by atoms with Crippen molar-refractivity contribution >= 4 is 17.5 Å². The van der Waals surface area contributed by atoms with Gasteiger partial charge in [-0.2, -0.15) is 0 Å². The van der Waals surface area contributed by atoms with E-state index in [2.05, 4.69) is 5.32 Å². The lowest BCUT2D eigenvalue weighted by molar-refractivity contribution is -0.119. The molecule has 0 aliphatic carbocycles. The van der Waals surface area contributed by atoms with Crippen molar-refractivity contribution in [1.29, 1.82) is 0 Å². The molecule has 0 aromatic heterocycles. The summed E-state index contributed by atoms with van der Waals surface area (Å²) in [5.41, 5.74) is 6.12. The van der Waals surface area contributed by atoms with Crippen LogP contribution in [0, 0.1) is 0 Å². The number of carbonyl (C=O) groups is 2. The summed E-state index contributed by atoms with van der Waals surface area (Å²) in [7, 11) is 0. The summed E-state index contributed by atoms with van der Waals surface area (Å²) in [5.74, 6) is 0.273. The normalized spacial score (nSPS) is 16.2. The summed E-state index contributed by atoms with van der Waals surface area (Å²) in [5, 5.41) is 2.82. The lowest BCUT2D eigenvalue weighted by atomic mass is 10.1. The largest absolute Gasteiger partial charge is 0.491 e. The number of primary amides is 1. The van der Waals surface area contributed by atoms with Gasteiger partial charge in [0, 0.05) is 17.9 Å². The summed E-state index contributed by atoms with van der Waals surface area (Å²) < 4.78 is 16.6. The van der Waals surface area contributed by atoms with Crippen molar-refractivity contribution in [1.82, 2.24) is 0 Å². The van der Waals surface area contributed by atoms with E-state index in [1.807, 2.05) is 12.1 Å². The van der Waals surface area contributed by atoms with Crippen molar-refractivity contribution < 1.29 is 23.8 Å². The number of amides is 2. The number of nitrogens with one attached hydrogen (secondary N) is 1. The molecule has 28 heavy (non-hydrogen) atoms. The molecule has 1 aliphatic heterocycles. The molecule has 1 unspecified atom stereocenters. The first-order valence-corrected chi connectivity index (χ1v) is 9.27. The highest BCUT2D eigenvalue weighted by Crippen LogP contribution is 2.20. The molecule has 2 aromatic carbocycles. The zero-order valence-electron chi connectivity index (χ0n) is 15.6. The highest BCUT2D eigenvalue weighted by atomic mass is 16.5. The third-order valence-corrected chi connectivity index (χ3v) is 4.30. The Balaban J connectivity index is 1.52. The third-order valence-electron chi connectivity index (χ3n) is 4.30. The van der Waals surface area contributed by atoms with Crippen LogP contribution < -0.4 is 20.5 Å². The molecular weight excluding hydrogens is 360 g/mol. The number of ether oxygens (including phenoxy) is 3. The molecule has 0 saturated carbocycles. The predicted octanol–water partition coefficient (Wildman–Crippen LogP) is 2.75. The summed E-state index contributed by atoms with van der Waals surface area (Å²) in [6.07, 6.45) is 3.46. The number of rotatable bonds is 8. The Bertz CT molecular complexity index is 801. The molecule has 1 fully saturated rings. The van der Waals surface area contributed by atoms with Crippen molar-refractivity contribution in [2.45, 2.75) is 25.4 Å². The van der Waals surface area contributed by atoms with Crippen LogP contribution in [0.25, 0.3) is 0 Å². The molecule has 1 atom stereocenters. The van der Waals surface area contributed by atoms with E-state index in [1.54, 1.807) is 36.4 Å². The lowest BCUT2D eigenvalue weighted by Crippen LogP contribution is -2.25. The molecule has 2 aromatic rings. The third kappa shape index (κ3) is 5.99. The van der Waals surface area contributed by atoms with Crippen LogP contribution in [0.5, 0.6) is 11.5 Å². The second kappa shape index (κ2) is 9.75. The second-order valence-corrected chi connectivity index (χ2v) is 6.56. The SMILES string of the molecule is NC(=O)COc1cccc(C(=O)Nc2ccc(OCC3CCCCO3)cc2)c1. The van der Waals surface area contributed by atoms with Gasteiger partial charge in [0.15, 0.2) is 6.61 Å². The fraction of sp³-hybridized carbons (Fsp3) is 0.333. The number of carbonyl (C=O) groups excluding carboxylic acids is 2. The van der Waals surface area contributed by atoms with Crippen LogP contribution in [0.4, 0.5) is 5.69 Å². The first kappa shape index (κ1) is 19.7. The smallest absolute Gasteiger partial charge is 0.255 e. The molecule has 148 valence electrons. The maximum Gasteiger partial charge on any atom is 0.255 e. The van der Waals surface area contributed by atoms with Gasteiger partial charge in [-0.1, -0.05) is 6.07 Å². The molecule has 7 nitrogen and oxygen atoms in total. The van der Waals surface area contributed by atoms with E-state index >= 15 is 0 Å². The summed E-state index contributed by atoms with van der Waals surface area (Å²) in [6.45, 7) is 1.09. The van der Waals surface area contributed by atoms with Gasteiger partial charge in [-0.25, -0.2) is 0 Å². The van der Waals surface area contributed by atoms with Gasteiger partial charge >= 0.3 is 0 Å². The molecule has 7 heteroatoms. The Morgan fingerprint density at radius 3 is 2.61 bits per heavy atom. The van der Waals surface area contributed by atoms with Crippen molar-refractivity contribution in [3.05, 3.63) is 54.1 Å². The van der Waals surface area contributed by atoms with Gasteiger partial charge in [0.05, 0.1) is 6.10 Å². The minimum absolute atomic E-state index is 0.150. The zero-order chi connectivity index (χ0) is 19.8. The molecule has 3 rings (SSSR count). The Morgan fingerprint density at radius 2 is 1.89 bits per heavy atom. The van der Waals surface area contributed by atoms with Crippen LogP contribution in [-0.4, -0.2) is 37.7 Å². The Hall–Kier alpha value is -3.06. The average molecular weight is 384 g/mol. The Kier molecular flexibility index (Phi) is 6.86. The van der Waals surface area contributed by atoms with Crippen LogP contribution in [0.15, 0.2) is 48.5 Å². The first-order chi connectivity index (χ1) is 13.6. The number of nitrogens with two attached hydrogens (primary N) is 1. The molecule has 0 bridgehead atoms. The summed E-state index contributed by atoms with van der Waals surface area (Å²) >= 11 is 0. The minimum atomic E-state index is -0.577. The average Bonchev–Trinajstić information content (AvgIpc) is 2.73. The monoisotopic (exact) mass is 384 g/mol. The zero-order valence-corrected chi connectivity index (χ0v) is 15.6. The van der Waals surface area contributed by atoms with E-state index in [4.69, 9.17) is 19.9 Å². The number of hydrogen-bond acceptors (Lipinski definition) is 5. The van der Waals surface area contributed by atoms with E-state index in [9.17, 15) is 9.59 Å². The highest BCUT2D eigenvalue weighted by Gasteiger charge is 2.14. The molecular formula is C21H24N2O5. The van der Waals surface area contributed by atoms with Crippen molar-refractivity contribution in [3.8, 4) is 11.5 Å². The van der Waals surface area contributed by atoms with Crippen LogP contribution in [0.1, 0.15) is 29.6 Å². The number of hydrogen-bond donors (Lipinski definition) is 2. The van der Waals surface area contributed by atoms with Crippen LogP contribution >= 0.6 is 0 Å². The van der Waals surface area contributed by atoms with Gasteiger partial charge in [0.1, 0.15) is 18.1 Å². The highest BCUT2D eigenvalue weighted by molar-refractivity contribution is 6.04. The van der Waals surface area contributed by atoms with Gasteiger partial charge in [0.25, 0.3) is 11.8 Å². The van der Waals surface area contributed by atoms with E-state index < -0.39 is 5.91 Å². The Labute approximate surface area is 163 Å². The molecule has 1 heterocycles. The molecule has 1 saturated heterocycles. The maximum absolute atomic E-state index is 12.4. The van der Waals surface area contributed by atoms with E-state index in [0.717, 1.165) is 25.2 Å². The maximum atomic E-state index is 12.4. The predicted molar refractivity (Wildman–Crippen MR) is 105 cm³/mol. The van der Waals surface area contributed by atoms with Gasteiger partial charge in [-0.05, 0) is 61.7 Å². The van der Waals surface area contributed by atoms with Gasteiger partial charge in [-0.15, -0.1) is 0 Å². The van der Waals surface area contributed by atoms with E-state index in [0.29, 0.717) is 23.6 Å².